The highest BCUT2D eigenvalue weighted by Gasteiger charge is 2.10. The molecule has 6 nitrogen and oxygen atoms in total. The van der Waals surface area contributed by atoms with Crippen LogP contribution in [0.4, 0.5) is 5.69 Å². The fourth-order valence-electron chi connectivity index (χ4n) is 2.48. The molecule has 0 aliphatic carbocycles. The smallest absolute Gasteiger partial charge is 0.228 e. The molecule has 3 rings (SSSR count). The fourth-order valence-corrected chi connectivity index (χ4v) is 2.48. The summed E-state index contributed by atoms with van der Waals surface area (Å²) < 4.78 is 10.1. The number of carbonyl (C=O) groups is 1. The lowest BCUT2D eigenvalue weighted by atomic mass is 10.1. The molecule has 0 unspecified atom stereocenters. The zero-order valence-corrected chi connectivity index (χ0v) is 14.4. The van der Waals surface area contributed by atoms with E-state index in [0.29, 0.717) is 18.1 Å². The summed E-state index contributed by atoms with van der Waals surface area (Å²) in [6.07, 6.45) is 0.301. The number of rotatable bonds is 5. The van der Waals surface area contributed by atoms with Crippen LogP contribution in [-0.4, -0.2) is 23.2 Å². The molecule has 0 saturated heterocycles. The average Bonchev–Trinajstić information content (AvgIpc) is 3.04. The zero-order chi connectivity index (χ0) is 17.8. The first-order chi connectivity index (χ1) is 12.0. The van der Waals surface area contributed by atoms with Crippen LogP contribution >= 0.6 is 0 Å². The Morgan fingerprint density at radius 2 is 1.92 bits per heavy atom. The van der Waals surface area contributed by atoms with Crippen LogP contribution in [0.5, 0.6) is 5.75 Å². The summed E-state index contributed by atoms with van der Waals surface area (Å²) in [5.74, 6) is 1.75. The highest BCUT2D eigenvalue weighted by Crippen LogP contribution is 2.23. The molecule has 0 aliphatic rings. The number of hydrogen-bond acceptors (Lipinski definition) is 5. The van der Waals surface area contributed by atoms with Gasteiger partial charge in [-0.3, -0.25) is 4.79 Å². The predicted molar refractivity (Wildman–Crippen MR) is 94.5 cm³/mol. The van der Waals surface area contributed by atoms with Gasteiger partial charge < -0.3 is 14.6 Å². The fraction of sp³-hybridized carbons (Fsp3) is 0.211. The van der Waals surface area contributed by atoms with E-state index in [0.717, 1.165) is 28.1 Å². The van der Waals surface area contributed by atoms with Gasteiger partial charge in [0, 0.05) is 18.2 Å². The Labute approximate surface area is 145 Å². The highest BCUT2D eigenvalue weighted by molar-refractivity contribution is 5.93. The van der Waals surface area contributed by atoms with Crippen molar-refractivity contribution in [2.45, 2.75) is 20.3 Å². The number of nitrogens with one attached hydrogen (secondary N) is 1. The molecule has 0 atom stereocenters. The first kappa shape index (κ1) is 16.7. The second-order valence-electron chi connectivity index (χ2n) is 5.74. The van der Waals surface area contributed by atoms with Crippen LogP contribution in [-0.2, 0) is 11.2 Å². The van der Waals surface area contributed by atoms with E-state index in [1.165, 1.54) is 0 Å². The summed E-state index contributed by atoms with van der Waals surface area (Å²) in [5, 5.41) is 6.84. The van der Waals surface area contributed by atoms with Crippen molar-refractivity contribution in [3.05, 3.63) is 59.5 Å². The topological polar surface area (TPSA) is 77.2 Å². The lowest BCUT2D eigenvalue weighted by Crippen LogP contribution is -2.15. The standard InChI is InChI=1S/C19H19N3O3/c1-12-10-15(19-20-13(2)25-22-19)6-9-17(12)21-18(23)11-14-4-7-16(24-3)8-5-14/h4-10H,11H2,1-3H3,(H,21,23). The molecule has 1 heterocycles. The van der Waals surface area contributed by atoms with E-state index in [2.05, 4.69) is 15.5 Å². The first-order valence-corrected chi connectivity index (χ1v) is 7.89. The molecule has 0 saturated carbocycles. The number of carbonyl (C=O) groups excluding carboxylic acids is 1. The number of aromatic nitrogens is 2. The maximum absolute atomic E-state index is 12.3. The molecule has 0 spiro atoms. The normalized spacial score (nSPS) is 10.5. The third-order valence-corrected chi connectivity index (χ3v) is 3.81. The van der Waals surface area contributed by atoms with E-state index in [4.69, 9.17) is 9.26 Å². The monoisotopic (exact) mass is 337 g/mol. The van der Waals surface area contributed by atoms with Gasteiger partial charge in [-0.1, -0.05) is 17.3 Å². The third-order valence-electron chi connectivity index (χ3n) is 3.81. The first-order valence-electron chi connectivity index (χ1n) is 7.89. The summed E-state index contributed by atoms with van der Waals surface area (Å²) in [4.78, 5) is 16.5. The van der Waals surface area contributed by atoms with E-state index < -0.39 is 0 Å². The lowest BCUT2D eigenvalue weighted by Gasteiger charge is -2.10. The van der Waals surface area contributed by atoms with E-state index in [-0.39, 0.29) is 5.91 Å². The second-order valence-corrected chi connectivity index (χ2v) is 5.74. The molecule has 1 aromatic heterocycles. The molecule has 0 aliphatic heterocycles. The molecule has 3 aromatic rings. The number of aryl methyl sites for hydroxylation is 2. The zero-order valence-electron chi connectivity index (χ0n) is 14.4. The van der Waals surface area contributed by atoms with Gasteiger partial charge in [-0.05, 0) is 48.4 Å². The second kappa shape index (κ2) is 7.17. The van der Waals surface area contributed by atoms with E-state index in [1.807, 2.05) is 49.4 Å². The Morgan fingerprint density at radius 1 is 1.16 bits per heavy atom. The van der Waals surface area contributed by atoms with Gasteiger partial charge >= 0.3 is 0 Å². The molecule has 1 N–H and O–H groups in total. The molecule has 2 aromatic carbocycles. The summed E-state index contributed by atoms with van der Waals surface area (Å²) in [6.45, 7) is 3.68. The van der Waals surface area contributed by atoms with Crippen molar-refractivity contribution in [3.63, 3.8) is 0 Å². The molecule has 0 fully saturated rings. The van der Waals surface area contributed by atoms with Gasteiger partial charge in [0.2, 0.25) is 17.6 Å². The maximum atomic E-state index is 12.3. The molecule has 128 valence electrons. The summed E-state index contributed by atoms with van der Waals surface area (Å²) in [6, 6.07) is 13.1. The van der Waals surface area contributed by atoms with E-state index in [9.17, 15) is 4.79 Å². The minimum Gasteiger partial charge on any atom is -0.497 e. The van der Waals surface area contributed by atoms with Crippen molar-refractivity contribution in [1.29, 1.82) is 0 Å². The number of hydrogen-bond donors (Lipinski definition) is 1. The number of anilines is 1. The molecule has 1 amide bonds. The molecule has 25 heavy (non-hydrogen) atoms. The molecule has 6 heteroatoms. The van der Waals surface area contributed by atoms with Gasteiger partial charge in [0.25, 0.3) is 0 Å². The highest BCUT2D eigenvalue weighted by atomic mass is 16.5. The minimum absolute atomic E-state index is 0.0728. The Hall–Kier alpha value is -3.15. The van der Waals surface area contributed by atoms with Crippen molar-refractivity contribution < 1.29 is 14.1 Å². The van der Waals surface area contributed by atoms with Crippen LogP contribution in [0.25, 0.3) is 11.4 Å². The van der Waals surface area contributed by atoms with Crippen molar-refractivity contribution in [2.75, 3.05) is 12.4 Å². The van der Waals surface area contributed by atoms with Crippen molar-refractivity contribution in [3.8, 4) is 17.1 Å². The van der Waals surface area contributed by atoms with Crippen molar-refractivity contribution in [2.24, 2.45) is 0 Å². The Balaban J connectivity index is 1.68. The van der Waals surface area contributed by atoms with Gasteiger partial charge in [-0.15, -0.1) is 0 Å². The van der Waals surface area contributed by atoms with Crippen molar-refractivity contribution in [1.82, 2.24) is 10.1 Å². The van der Waals surface area contributed by atoms with Crippen LogP contribution in [0, 0.1) is 13.8 Å². The van der Waals surface area contributed by atoms with Gasteiger partial charge in [0.1, 0.15) is 5.75 Å². The minimum atomic E-state index is -0.0728. The van der Waals surface area contributed by atoms with Crippen molar-refractivity contribution >= 4 is 11.6 Å². The maximum Gasteiger partial charge on any atom is 0.228 e. The summed E-state index contributed by atoms with van der Waals surface area (Å²) in [5.41, 5.74) is 3.47. The summed E-state index contributed by atoms with van der Waals surface area (Å²) >= 11 is 0. The quantitative estimate of drug-likeness (QED) is 0.770. The van der Waals surface area contributed by atoms with Gasteiger partial charge in [0.15, 0.2) is 0 Å². The number of nitrogens with zero attached hydrogens (tertiary/aromatic N) is 2. The lowest BCUT2D eigenvalue weighted by molar-refractivity contribution is -0.115. The number of methoxy groups -OCH3 is 1. The van der Waals surface area contributed by atoms with Crippen LogP contribution in [0.2, 0.25) is 0 Å². The SMILES string of the molecule is COc1ccc(CC(=O)Nc2ccc(-c3noc(C)n3)cc2C)cc1. The number of ether oxygens (including phenoxy) is 1. The molecule has 0 radical (unpaired) electrons. The average molecular weight is 337 g/mol. The summed E-state index contributed by atoms with van der Waals surface area (Å²) in [7, 11) is 1.62. The van der Waals surface area contributed by atoms with Crippen LogP contribution in [0.1, 0.15) is 17.0 Å². The Kier molecular flexibility index (Phi) is 4.79. The van der Waals surface area contributed by atoms with Crippen LogP contribution in [0.3, 0.4) is 0 Å². The van der Waals surface area contributed by atoms with E-state index >= 15 is 0 Å². The van der Waals surface area contributed by atoms with Crippen LogP contribution < -0.4 is 10.1 Å². The number of amides is 1. The van der Waals surface area contributed by atoms with Gasteiger partial charge in [0.05, 0.1) is 13.5 Å². The largest absolute Gasteiger partial charge is 0.497 e. The third kappa shape index (κ3) is 4.03. The Morgan fingerprint density at radius 3 is 2.52 bits per heavy atom. The predicted octanol–water partition coefficient (Wildman–Crippen LogP) is 3.54. The van der Waals surface area contributed by atoms with E-state index in [1.54, 1.807) is 14.0 Å². The molecular weight excluding hydrogens is 318 g/mol. The van der Waals surface area contributed by atoms with Gasteiger partial charge in [-0.25, -0.2) is 0 Å². The number of benzene rings is 2. The molecular formula is C19H19N3O3. The molecule has 0 bridgehead atoms. The van der Waals surface area contributed by atoms with Gasteiger partial charge in [-0.2, -0.15) is 4.98 Å². The van der Waals surface area contributed by atoms with Crippen LogP contribution in [0.15, 0.2) is 47.0 Å². The Bertz CT molecular complexity index is 885.